The Balaban J connectivity index is 2.48. The highest BCUT2D eigenvalue weighted by molar-refractivity contribution is 5.73. The predicted molar refractivity (Wildman–Crippen MR) is 61.3 cm³/mol. The number of hydrogen-bond acceptors (Lipinski definition) is 3. The summed E-state index contributed by atoms with van der Waals surface area (Å²) < 4.78 is 0. The van der Waals surface area contributed by atoms with E-state index in [0.29, 0.717) is 19.4 Å². The summed E-state index contributed by atoms with van der Waals surface area (Å²) in [5.41, 5.74) is 0.992. The minimum Gasteiger partial charge on any atom is -0.480 e. The number of hydrogen-bond donors (Lipinski definition) is 3. The van der Waals surface area contributed by atoms with Crippen molar-refractivity contribution in [2.24, 2.45) is 0 Å². The van der Waals surface area contributed by atoms with Crippen LogP contribution >= 0.6 is 0 Å². The maximum atomic E-state index is 11.0. The second-order valence-corrected chi connectivity index (χ2v) is 3.61. The largest absolute Gasteiger partial charge is 0.480 e. The van der Waals surface area contributed by atoms with Gasteiger partial charge in [-0.1, -0.05) is 30.3 Å². The van der Waals surface area contributed by atoms with Gasteiger partial charge in [0.15, 0.2) is 0 Å². The van der Waals surface area contributed by atoms with E-state index < -0.39 is 12.0 Å². The Kier molecular flexibility index (Phi) is 5.53. The number of carboxylic acid groups (broad SMARTS) is 1. The zero-order chi connectivity index (χ0) is 11.8. The molecule has 1 aromatic rings. The van der Waals surface area contributed by atoms with Gasteiger partial charge in [0.25, 0.3) is 0 Å². The third kappa shape index (κ3) is 4.42. The second kappa shape index (κ2) is 6.98. The molecule has 0 fully saturated rings. The molecule has 16 heavy (non-hydrogen) atoms. The summed E-state index contributed by atoms with van der Waals surface area (Å²) in [7, 11) is 0. The van der Waals surface area contributed by atoms with Crippen molar-refractivity contribution in [2.45, 2.75) is 18.9 Å². The lowest BCUT2D eigenvalue weighted by Gasteiger charge is -2.13. The summed E-state index contributed by atoms with van der Waals surface area (Å²) in [5.74, 6) is -0.859. The number of aliphatic hydroxyl groups is 1. The number of nitrogens with one attached hydrogen (secondary N) is 1. The van der Waals surface area contributed by atoms with Gasteiger partial charge in [0, 0.05) is 6.61 Å². The molecule has 0 spiro atoms. The molecule has 0 aliphatic rings. The molecule has 88 valence electrons. The van der Waals surface area contributed by atoms with Crippen molar-refractivity contribution in [1.29, 1.82) is 0 Å². The van der Waals surface area contributed by atoms with Crippen molar-refractivity contribution in [3.05, 3.63) is 35.9 Å². The quantitative estimate of drug-likeness (QED) is 0.594. The number of aliphatic carboxylic acids is 1. The predicted octanol–water partition coefficient (Wildman–Crippen LogP) is 0.654. The Labute approximate surface area is 94.9 Å². The fourth-order valence-corrected chi connectivity index (χ4v) is 1.45. The zero-order valence-electron chi connectivity index (χ0n) is 9.10. The molecule has 0 amide bonds. The highest BCUT2D eigenvalue weighted by Crippen LogP contribution is 2.03. The van der Waals surface area contributed by atoms with E-state index in [1.165, 1.54) is 0 Å². The number of benzene rings is 1. The first-order valence-corrected chi connectivity index (χ1v) is 5.35. The van der Waals surface area contributed by atoms with E-state index in [0.717, 1.165) is 5.56 Å². The van der Waals surface area contributed by atoms with Crippen LogP contribution in [0.1, 0.15) is 12.0 Å². The van der Waals surface area contributed by atoms with E-state index in [1.807, 2.05) is 30.3 Å². The number of carbonyl (C=O) groups is 1. The van der Waals surface area contributed by atoms with Gasteiger partial charge in [0.2, 0.25) is 0 Å². The summed E-state index contributed by atoms with van der Waals surface area (Å²) in [5, 5.41) is 20.5. The maximum absolute atomic E-state index is 11.0. The van der Waals surface area contributed by atoms with E-state index in [1.54, 1.807) is 0 Å². The van der Waals surface area contributed by atoms with Gasteiger partial charge < -0.3 is 15.5 Å². The lowest BCUT2D eigenvalue weighted by Crippen LogP contribution is -2.39. The van der Waals surface area contributed by atoms with Gasteiger partial charge in [-0.25, -0.2) is 0 Å². The van der Waals surface area contributed by atoms with Crippen LogP contribution < -0.4 is 5.32 Å². The zero-order valence-corrected chi connectivity index (χ0v) is 9.10. The molecule has 1 rings (SSSR count). The van der Waals surface area contributed by atoms with Gasteiger partial charge >= 0.3 is 5.97 Å². The first-order valence-electron chi connectivity index (χ1n) is 5.35. The fourth-order valence-electron chi connectivity index (χ4n) is 1.45. The minimum atomic E-state index is -0.859. The molecule has 0 saturated heterocycles. The van der Waals surface area contributed by atoms with E-state index in [4.69, 9.17) is 10.2 Å². The maximum Gasteiger partial charge on any atom is 0.321 e. The van der Waals surface area contributed by atoms with E-state index >= 15 is 0 Å². The Bertz CT molecular complexity index is 313. The van der Waals surface area contributed by atoms with Crippen LogP contribution in [0, 0.1) is 0 Å². The molecule has 3 N–H and O–H groups in total. The normalized spacial score (nSPS) is 12.3. The summed E-state index contributed by atoms with van der Waals surface area (Å²) in [6.07, 6.45) is 1.03. The first kappa shape index (κ1) is 12.7. The molecular formula is C12H17NO3. The van der Waals surface area contributed by atoms with E-state index in [2.05, 4.69) is 5.32 Å². The molecule has 0 saturated carbocycles. The van der Waals surface area contributed by atoms with Gasteiger partial charge in [-0.15, -0.1) is 0 Å². The standard InChI is InChI=1S/C12H17NO3/c14-8-4-7-13-11(12(15)16)9-10-5-2-1-3-6-10/h1-3,5-6,11,13-14H,4,7-9H2,(H,15,16). The molecular weight excluding hydrogens is 206 g/mol. The van der Waals surface area contributed by atoms with Crippen LogP contribution in [0.5, 0.6) is 0 Å². The fraction of sp³-hybridized carbons (Fsp3) is 0.417. The molecule has 1 unspecified atom stereocenters. The van der Waals surface area contributed by atoms with E-state index in [9.17, 15) is 4.79 Å². The summed E-state index contributed by atoms with van der Waals surface area (Å²) in [6, 6.07) is 8.91. The second-order valence-electron chi connectivity index (χ2n) is 3.61. The molecule has 0 aliphatic carbocycles. The first-order chi connectivity index (χ1) is 7.74. The van der Waals surface area contributed by atoms with Gasteiger partial charge in [-0.2, -0.15) is 0 Å². The molecule has 0 radical (unpaired) electrons. The van der Waals surface area contributed by atoms with Gasteiger partial charge in [0.1, 0.15) is 6.04 Å². The Morgan fingerprint density at radius 1 is 1.31 bits per heavy atom. The lowest BCUT2D eigenvalue weighted by molar-refractivity contribution is -0.139. The van der Waals surface area contributed by atoms with Crippen molar-refractivity contribution in [3.63, 3.8) is 0 Å². The number of carboxylic acids is 1. The minimum absolute atomic E-state index is 0.0741. The smallest absolute Gasteiger partial charge is 0.321 e. The van der Waals surface area contributed by atoms with Crippen LogP contribution in [0.4, 0.5) is 0 Å². The Morgan fingerprint density at radius 2 is 2.00 bits per heavy atom. The van der Waals surface area contributed by atoms with Crippen molar-refractivity contribution in [3.8, 4) is 0 Å². The Morgan fingerprint density at radius 3 is 2.56 bits per heavy atom. The third-order valence-electron chi connectivity index (χ3n) is 2.31. The Hall–Kier alpha value is -1.39. The van der Waals surface area contributed by atoms with Gasteiger partial charge in [-0.05, 0) is 24.9 Å². The topological polar surface area (TPSA) is 69.6 Å². The number of rotatable bonds is 7. The van der Waals surface area contributed by atoms with Crippen LogP contribution in [0.3, 0.4) is 0 Å². The van der Waals surface area contributed by atoms with Crippen molar-refractivity contribution < 1.29 is 15.0 Å². The van der Waals surface area contributed by atoms with Crippen LogP contribution in [0.25, 0.3) is 0 Å². The van der Waals surface area contributed by atoms with Gasteiger partial charge in [0.05, 0.1) is 0 Å². The van der Waals surface area contributed by atoms with E-state index in [-0.39, 0.29) is 6.61 Å². The lowest BCUT2D eigenvalue weighted by atomic mass is 10.1. The molecule has 0 heterocycles. The third-order valence-corrected chi connectivity index (χ3v) is 2.31. The molecule has 4 heteroatoms. The molecule has 0 aromatic heterocycles. The number of aliphatic hydroxyl groups excluding tert-OH is 1. The molecule has 1 atom stereocenters. The van der Waals surface area contributed by atoms with Crippen molar-refractivity contribution in [1.82, 2.24) is 5.32 Å². The highest BCUT2D eigenvalue weighted by Gasteiger charge is 2.16. The van der Waals surface area contributed by atoms with Crippen LogP contribution in [0.2, 0.25) is 0 Å². The van der Waals surface area contributed by atoms with Crippen molar-refractivity contribution >= 4 is 5.97 Å². The summed E-state index contributed by atoms with van der Waals surface area (Å²) in [6.45, 7) is 0.588. The monoisotopic (exact) mass is 223 g/mol. The average Bonchev–Trinajstić information content (AvgIpc) is 2.29. The molecule has 0 aliphatic heterocycles. The summed E-state index contributed by atoms with van der Waals surface area (Å²) >= 11 is 0. The van der Waals surface area contributed by atoms with Crippen LogP contribution in [0.15, 0.2) is 30.3 Å². The van der Waals surface area contributed by atoms with Crippen LogP contribution in [-0.2, 0) is 11.2 Å². The van der Waals surface area contributed by atoms with Crippen molar-refractivity contribution in [2.75, 3.05) is 13.2 Å². The molecule has 0 bridgehead atoms. The molecule has 1 aromatic carbocycles. The molecule has 4 nitrogen and oxygen atoms in total. The van der Waals surface area contributed by atoms with Gasteiger partial charge in [-0.3, -0.25) is 4.79 Å². The highest BCUT2D eigenvalue weighted by atomic mass is 16.4. The summed E-state index contributed by atoms with van der Waals surface area (Å²) in [4.78, 5) is 11.0. The average molecular weight is 223 g/mol. The van der Waals surface area contributed by atoms with Crippen LogP contribution in [-0.4, -0.2) is 35.4 Å². The SMILES string of the molecule is O=C(O)C(Cc1ccccc1)NCCCO.